The lowest BCUT2D eigenvalue weighted by atomic mass is 9.58. The summed E-state index contributed by atoms with van der Waals surface area (Å²) in [6, 6.07) is 0. The molecule has 0 amide bonds. The number of carbonyl (C=O) groups is 2. The van der Waals surface area contributed by atoms with Crippen LogP contribution in [0.15, 0.2) is 12.2 Å². The Labute approximate surface area is 150 Å². The predicted molar refractivity (Wildman–Crippen MR) is 86.7 cm³/mol. The van der Waals surface area contributed by atoms with E-state index in [-0.39, 0.29) is 12.8 Å². The maximum Gasteiger partial charge on any atom is 0.313 e. The third kappa shape index (κ3) is 1.43. The molecule has 0 aromatic heterocycles. The van der Waals surface area contributed by atoms with Crippen molar-refractivity contribution in [1.29, 1.82) is 0 Å². The lowest BCUT2D eigenvalue weighted by Gasteiger charge is -2.48. The SMILES string of the molecule is C=C1C[C@@]23C[C@@]1(O)CC[C@H]2[C@@]12OC(=O)[C@@](C)(C[C@@H](O)[C@H]1O)[C@H]2[C@@H]3C(=O)O. The van der Waals surface area contributed by atoms with Gasteiger partial charge in [-0.25, -0.2) is 0 Å². The zero-order valence-corrected chi connectivity index (χ0v) is 14.6. The first-order chi connectivity index (χ1) is 12.0. The zero-order valence-electron chi connectivity index (χ0n) is 14.6. The second-order valence-electron chi connectivity index (χ2n) is 9.48. The van der Waals surface area contributed by atoms with E-state index >= 15 is 0 Å². The van der Waals surface area contributed by atoms with E-state index in [9.17, 15) is 30.0 Å². The minimum atomic E-state index is -1.40. The van der Waals surface area contributed by atoms with Crippen molar-refractivity contribution in [2.24, 2.45) is 28.6 Å². The molecule has 4 aliphatic carbocycles. The number of aliphatic hydroxyl groups is 3. The second-order valence-corrected chi connectivity index (χ2v) is 9.48. The number of hydrogen-bond acceptors (Lipinski definition) is 6. The number of aliphatic hydroxyl groups excluding tert-OH is 2. The van der Waals surface area contributed by atoms with Crippen LogP contribution in [0.3, 0.4) is 0 Å². The first-order valence-corrected chi connectivity index (χ1v) is 9.26. The highest BCUT2D eigenvalue weighted by Gasteiger charge is 2.86. The third-order valence-electron chi connectivity index (χ3n) is 8.49. The molecule has 0 aromatic carbocycles. The summed E-state index contributed by atoms with van der Waals surface area (Å²) in [6.07, 6.45) is -1.04. The van der Waals surface area contributed by atoms with Gasteiger partial charge in [0.15, 0.2) is 0 Å². The summed E-state index contributed by atoms with van der Waals surface area (Å²) < 4.78 is 5.82. The Balaban J connectivity index is 1.78. The van der Waals surface area contributed by atoms with Gasteiger partial charge in [-0.15, -0.1) is 0 Å². The van der Waals surface area contributed by atoms with Crippen molar-refractivity contribution in [3.63, 3.8) is 0 Å². The first-order valence-electron chi connectivity index (χ1n) is 9.26. The smallest absolute Gasteiger partial charge is 0.313 e. The Hall–Kier alpha value is -1.44. The Kier molecular flexibility index (Phi) is 2.79. The van der Waals surface area contributed by atoms with E-state index in [1.165, 1.54) is 0 Å². The molecule has 4 saturated carbocycles. The maximum atomic E-state index is 12.7. The van der Waals surface area contributed by atoms with Gasteiger partial charge in [0.1, 0.15) is 11.7 Å². The van der Waals surface area contributed by atoms with Crippen molar-refractivity contribution in [1.82, 2.24) is 0 Å². The van der Waals surface area contributed by atoms with Gasteiger partial charge in [-0.05, 0) is 50.0 Å². The zero-order chi connectivity index (χ0) is 18.9. The maximum absolute atomic E-state index is 12.7. The van der Waals surface area contributed by atoms with E-state index in [0.29, 0.717) is 24.8 Å². The van der Waals surface area contributed by atoms with E-state index in [1.807, 2.05) is 0 Å². The van der Waals surface area contributed by atoms with Crippen LogP contribution in [0, 0.1) is 28.6 Å². The van der Waals surface area contributed by atoms with Crippen LogP contribution in [0.2, 0.25) is 0 Å². The molecule has 1 heterocycles. The summed E-state index contributed by atoms with van der Waals surface area (Å²) in [5, 5.41) is 42.5. The van der Waals surface area contributed by atoms with E-state index in [0.717, 1.165) is 0 Å². The van der Waals surface area contributed by atoms with Gasteiger partial charge in [0, 0.05) is 11.8 Å². The topological polar surface area (TPSA) is 124 Å². The summed E-state index contributed by atoms with van der Waals surface area (Å²) in [5.74, 6) is -3.64. The third-order valence-corrected chi connectivity index (χ3v) is 8.49. The van der Waals surface area contributed by atoms with Crippen molar-refractivity contribution in [2.45, 2.75) is 62.4 Å². The number of hydrogen-bond donors (Lipinski definition) is 4. The highest BCUT2D eigenvalue weighted by atomic mass is 16.6. The Morgan fingerprint density at radius 1 is 1.35 bits per heavy atom. The summed E-state index contributed by atoms with van der Waals surface area (Å²) in [6.45, 7) is 5.65. The van der Waals surface area contributed by atoms with Gasteiger partial charge in [0.2, 0.25) is 0 Å². The number of carboxylic acid groups (broad SMARTS) is 1. The standard InChI is InChI=1S/C19H24O7/c1-8-5-17-7-18(8,25)4-3-10(17)19-12(11(17)14(22)23)16(2,15(24)26-19)6-9(20)13(19)21/h9-13,20-21,25H,1,3-7H2,2H3,(H,22,23)/t9-,10-,11-,12-,13-,16+,17-,18+,19+/m1/s1. The summed E-state index contributed by atoms with van der Waals surface area (Å²) >= 11 is 0. The van der Waals surface area contributed by atoms with Crippen LogP contribution in [-0.4, -0.2) is 55.8 Å². The fourth-order valence-corrected chi connectivity index (χ4v) is 7.70. The van der Waals surface area contributed by atoms with Crippen LogP contribution in [0.4, 0.5) is 0 Å². The van der Waals surface area contributed by atoms with Gasteiger partial charge in [0.25, 0.3) is 0 Å². The number of esters is 1. The molecule has 4 bridgehead atoms. The van der Waals surface area contributed by atoms with E-state index in [1.54, 1.807) is 6.92 Å². The summed E-state index contributed by atoms with van der Waals surface area (Å²) in [7, 11) is 0. The average Bonchev–Trinajstić information content (AvgIpc) is 2.97. The van der Waals surface area contributed by atoms with Crippen molar-refractivity contribution in [3.8, 4) is 0 Å². The van der Waals surface area contributed by atoms with Crippen LogP contribution in [0.5, 0.6) is 0 Å². The van der Waals surface area contributed by atoms with Gasteiger partial charge in [-0.2, -0.15) is 0 Å². The molecule has 5 aliphatic rings. The second kappa shape index (κ2) is 4.34. The number of carboxylic acids is 1. The molecule has 26 heavy (non-hydrogen) atoms. The Bertz CT molecular complexity index is 763. The lowest BCUT2D eigenvalue weighted by Crippen LogP contribution is -2.61. The monoisotopic (exact) mass is 364 g/mol. The molecule has 5 fully saturated rings. The molecule has 5 rings (SSSR count). The molecule has 142 valence electrons. The van der Waals surface area contributed by atoms with Crippen molar-refractivity contribution in [3.05, 3.63) is 12.2 Å². The molecule has 9 atom stereocenters. The van der Waals surface area contributed by atoms with Crippen molar-refractivity contribution < 1.29 is 34.8 Å². The summed E-state index contributed by atoms with van der Waals surface area (Å²) in [5.41, 5.74) is -3.84. The molecule has 1 aliphatic heterocycles. The predicted octanol–water partition coefficient (Wildman–Crippen LogP) is 0.222. The number of ether oxygens (including phenoxy) is 1. The minimum Gasteiger partial charge on any atom is -0.481 e. The number of carbonyl (C=O) groups excluding carboxylic acids is 1. The van der Waals surface area contributed by atoms with Crippen LogP contribution in [0.1, 0.15) is 39.0 Å². The van der Waals surface area contributed by atoms with Crippen molar-refractivity contribution >= 4 is 11.9 Å². The normalized spacial score (nSPS) is 59.8. The highest BCUT2D eigenvalue weighted by Crippen LogP contribution is 2.78. The molecule has 1 spiro atoms. The van der Waals surface area contributed by atoms with Crippen LogP contribution in [0.25, 0.3) is 0 Å². The quantitative estimate of drug-likeness (QED) is 0.388. The van der Waals surface area contributed by atoms with Gasteiger partial charge in [0.05, 0.1) is 23.0 Å². The molecule has 0 unspecified atom stereocenters. The van der Waals surface area contributed by atoms with Crippen LogP contribution >= 0.6 is 0 Å². The number of aliphatic carboxylic acids is 1. The van der Waals surface area contributed by atoms with E-state index < -0.39 is 63.9 Å². The molecule has 0 radical (unpaired) electrons. The summed E-state index contributed by atoms with van der Waals surface area (Å²) in [4.78, 5) is 25.2. The fraction of sp³-hybridized carbons (Fsp3) is 0.789. The first kappa shape index (κ1) is 16.7. The van der Waals surface area contributed by atoms with Crippen LogP contribution < -0.4 is 0 Å². The van der Waals surface area contributed by atoms with E-state index in [4.69, 9.17) is 4.74 Å². The van der Waals surface area contributed by atoms with Gasteiger partial charge in [-0.1, -0.05) is 6.58 Å². The largest absolute Gasteiger partial charge is 0.481 e. The molecular formula is C19H24O7. The molecular weight excluding hydrogens is 340 g/mol. The number of fused-ring (bicyclic) bond motifs is 1. The Morgan fingerprint density at radius 2 is 2.04 bits per heavy atom. The molecule has 7 nitrogen and oxygen atoms in total. The molecule has 7 heteroatoms. The minimum absolute atomic E-state index is 0.0167. The molecule has 4 N–H and O–H groups in total. The van der Waals surface area contributed by atoms with Crippen molar-refractivity contribution in [2.75, 3.05) is 0 Å². The Morgan fingerprint density at radius 3 is 2.69 bits per heavy atom. The lowest BCUT2D eigenvalue weighted by molar-refractivity contribution is -0.194. The highest BCUT2D eigenvalue weighted by molar-refractivity contribution is 5.85. The van der Waals surface area contributed by atoms with Gasteiger partial charge < -0.3 is 25.2 Å². The van der Waals surface area contributed by atoms with Gasteiger partial charge in [-0.3, -0.25) is 9.59 Å². The van der Waals surface area contributed by atoms with Gasteiger partial charge >= 0.3 is 11.9 Å². The average molecular weight is 364 g/mol. The molecule has 0 aromatic rings. The molecule has 1 saturated heterocycles. The van der Waals surface area contributed by atoms with E-state index in [2.05, 4.69) is 6.58 Å². The van der Waals surface area contributed by atoms with Crippen LogP contribution in [-0.2, 0) is 14.3 Å². The fourth-order valence-electron chi connectivity index (χ4n) is 7.70. The number of rotatable bonds is 1.